The van der Waals surface area contributed by atoms with Gasteiger partial charge < -0.3 is 5.11 Å². The Balaban J connectivity index is 3.50. The van der Waals surface area contributed by atoms with Crippen LogP contribution in [-0.4, -0.2) is 15.3 Å². The van der Waals surface area contributed by atoms with Crippen molar-refractivity contribution in [1.82, 2.24) is 10.2 Å². The van der Waals surface area contributed by atoms with Gasteiger partial charge in [0.05, 0.1) is 6.20 Å². The smallest absolute Gasteiger partial charge is 0.285 e. The van der Waals surface area contributed by atoms with Gasteiger partial charge in [0.15, 0.2) is 11.3 Å². The highest BCUT2D eigenvalue weighted by molar-refractivity contribution is 5.36. The van der Waals surface area contributed by atoms with Crippen LogP contribution >= 0.6 is 0 Å². The molecule has 0 aliphatic heterocycles. The Morgan fingerprint density at radius 2 is 2.50 bits per heavy atom. The summed E-state index contributed by atoms with van der Waals surface area (Å²) in [4.78, 5) is 10.6. The maximum Gasteiger partial charge on any atom is 0.285 e. The monoisotopic (exact) mass is 137 g/mol. The lowest BCUT2D eigenvalue weighted by Crippen LogP contribution is -2.10. The normalized spacial score (nSPS) is 8.70. The first-order valence-corrected chi connectivity index (χ1v) is 2.42. The van der Waals surface area contributed by atoms with E-state index in [-0.39, 0.29) is 5.56 Å². The molecule has 0 amide bonds. The molecular formula is C5H3N3O2. The summed E-state index contributed by atoms with van der Waals surface area (Å²) in [6, 6.07) is 1.53. The van der Waals surface area contributed by atoms with Crippen LogP contribution in [0.3, 0.4) is 0 Å². The summed E-state index contributed by atoms with van der Waals surface area (Å²) in [5.74, 6) is -0.397. The molecule has 0 aliphatic rings. The Bertz CT molecular complexity index is 335. The summed E-state index contributed by atoms with van der Waals surface area (Å²) >= 11 is 0. The highest BCUT2D eigenvalue weighted by Crippen LogP contribution is 2.05. The number of nitrogens with one attached hydrogen (secondary N) is 1. The van der Waals surface area contributed by atoms with Gasteiger partial charge in [0.1, 0.15) is 6.07 Å². The highest BCUT2D eigenvalue weighted by atomic mass is 16.3. The van der Waals surface area contributed by atoms with E-state index in [1.807, 2.05) is 5.10 Å². The van der Waals surface area contributed by atoms with E-state index in [4.69, 9.17) is 10.4 Å². The molecule has 0 unspecified atom stereocenters. The Morgan fingerprint density at radius 3 is 2.90 bits per heavy atom. The molecule has 0 spiro atoms. The fourth-order valence-electron chi connectivity index (χ4n) is 0.497. The minimum absolute atomic E-state index is 0.310. The summed E-state index contributed by atoms with van der Waals surface area (Å²) in [7, 11) is 0. The first-order valence-electron chi connectivity index (χ1n) is 2.42. The van der Waals surface area contributed by atoms with Gasteiger partial charge in [-0.05, 0) is 0 Å². The van der Waals surface area contributed by atoms with Crippen molar-refractivity contribution in [2.75, 3.05) is 0 Å². The Kier molecular flexibility index (Phi) is 1.38. The van der Waals surface area contributed by atoms with E-state index in [1.165, 1.54) is 6.07 Å². The summed E-state index contributed by atoms with van der Waals surface area (Å²) < 4.78 is 0. The second-order valence-corrected chi connectivity index (χ2v) is 1.57. The fraction of sp³-hybridized carbons (Fsp3) is 0. The third-order valence-electron chi connectivity index (χ3n) is 0.948. The van der Waals surface area contributed by atoms with Crippen molar-refractivity contribution in [2.24, 2.45) is 0 Å². The average molecular weight is 137 g/mol. The molecule has 0 saturated carbocycles. The van der Waals surface area contributed by atoms with Gasteiger partial charge in [0, 0.05) is 0 Å². The molecule has 2 N–H and O–H groups in total. The molecule has 50 valence electrons. The molecule has 0 radical (unpaired) electrons. The lowest BCUT2D eigenvalue weighted by atomic mass is 10.3. The van der Waals surface area contributed by atoms with Crippen LogP contribution in [0.2, 0.25) is 0 Å². The van der Waals surface area contributed by atoms with Crippen molar-refractivity contribution in [1.29, 1.82) is 5.26 Å². The van der Waals surface area contributed by atoms with Crippen LogP contribution in [0.5, 0.6) is 5.75 Å². The van der Waals surface area contributed by atoms with Crippen LogP contribution < -0.4 is 5.56 Å². The molecule has 10 heavy (non-hydrogen) atoms. The van der Waals surface area contributed by atoms with E-state index in [2.05, 4.69) is 5.10 Å². The molecule has 1 heterocycles. The van der Waals surface area contributed by atoms with Crippen LogP contribution in [0.15, 0.2) is 11.0 Å². The van der Waals surface area contributed by atoms with Crippen molar-refractivity contribution < 1.29 is 5.11 Å². The molecule has 1 aromatic rings. The number of aromatic hydroxyl groups is 1. The van der Waals surface area contributed by atoms with Gasteiger partial charge in [-0.2, -0.15) is 10.4 Å². The largest absolute Gasteiger partial charge is 0.505 e. The van der Waals surface area contributed by atoms with Crippen molar-refractivity contribution in [3.05, 3.63) is 22.1 Å². The molecule has 1 rings (SSSR count). The summed E-state index contributed by atoms with van der Waals surface area (Å²) in [6.45, 7) is 0. The SMILES string of the molecule is N#Cc1c(O)cn[nH]c1=O. The number of nitriles is 1. The van der Waals surface area contributed by atoms with Gasteiger partial charge in [-0.3, -0.25) is 4.79 Å². The zero-order valence-electron chi connectivity index (χ0n) is 4.83. The maximum absolute atomic E-state index is 10.6. The molecule has 0 bridgehead atoms. The topological polar surface area (TPSA) is 89.8 Å². The van der Waals surface area contributed by atoms with Gasteiger partial charge in [-0.1, -0.05) is 0 Å². The van der Waals surface area contributed by atoms with Gasteiger partial charge in [-0.25, -0.2) is 5.10 Å². The van der Waals surface area contributed by atoms with E-state index >= 15 is 0 Å². The van der Waals surface area contributed by atoms with Gasteiger partial charge >= 0.3 is 0 Å². The fourth-order valence-corrected chi connectivity index (χ4v) is 0.497. The second-order valence-electron chi connectivity index (χ2n) is 1.57. The molecule has 0 fully saturated rings. The Labute approximate surface area is 55.6 Å². The van der Waals surface area contributed by atoms with Gasteiger partial charge in [-0.15, -0.1) is 0 Å². The number of rotatable bonds is 0. The Morgan fingerprint density at radius 1 is 1.80 bits per heavy atom. The second kappa shape index (κ2) is 2.19. The minimum Gasteiger partial charge on any atom is -0.505 e. The number of aromatic amines is 1. The van der Waals surface area contributed by atoms with Crippen molar-refractivity contribution in [2.45, 2.75) is 0 Å². The predicted molar refractivity (Wildman–Crippen MR) is 31.2 cm³/mol. The maximum atomic E-state index is 10.6. The standard InChI is InChI=1S/C5H3N3O2/c6-1-3-4(9)2-7-8-5(3)10/h2H,(H2,8,9,10). The molecule has 0 aromatic carbocycles. The van der Waals surface area contributed by atoms with Crippen LogP contribution in [0, 0.1) is 11.3 Å². The van der Waals surface area contributed by atoms with Crippen LogP contribution in [0.25, 0.3) is 0 Å². The first-order chi connectivity index (χ1) is 4.75. The molecule has 5 nitrogen and oxygen atoms in total. The van der Waals surface area contributed by atoms with E-state index in [1.54, 1.807) is 0 Å². The van der Waals surface area contributed by atoms with Gasteiger partial charge in [0.2, 0.25) is 0 Å². The molecule has 1 aromatic heterocycles. The molecule has 0 saturated heterocycles. The average Bonchev–Trinajstić information content (AvgIpc) is 1.88. The summed E-state index contributed by atoms with van der Waals surface area (Å²) in [5, 5.41) is 22.3. The van der Waals surface area contributed by atoms with Crippen LogP contribution in [-0.2, 0) is 0 Å². The third-order valence-corrected chi connectivity index (χ3v) is 0.948. The zero-order valence-corrected chi connectivity index (χ0v) is 4.83. The number of hydrogen-bond donors (Lipinski definition) is 2. The van der Waals surface area contributed by atoms with Crippen LogP contribution in [0.4, 0.5) is 0 Å². The van der Waals surface area contributed by atoms with E-state index in [9.17, 15) is 4.79 Å². The highest BCUT2D eigenvalue weighted by Gasteiger charge is 2.02. The summed E-state index contributed by atoms with van der Waals surface area (Å²) in [5.41, 5.74) is -0.988. The number of H-pyrrole nitrogens is 1. The van der Waals surface area contributed by atoms with Crippen molar-refractivity contribution >= 4 is 0 Å². The zero-order chi connectivity index (χ0) is 7.56. The molecular weight excluding hydrogens is 134 g/mol. The Hall–Kier alpha value is -1.83. The van der Waals surface area contributed by atoms with E-state index in [0.29, 0.717) is 0 Å². The van der Waals surface area contributed by atoms with E-state index in [0.717, 1.165) is 6.20 Å². The molecule has 5 heteroatoms. The first kappa shape index (κ1) is 6.29. The third kappa shape index (κ3) is 0.821. The predicted octanol–water partition coefficient (Wildman–Crippen LogP) is -0.653. The number of hydrogen-bond acceptors (Lipinski definition) is 4. The summed E-state index contributed by atoms with van der Waals surface area (Å²) in [6.07, 6.45) is 1.000. The number of nitrogens with zero attached hydrogens (tertiary/aromatic N) is 2. The lowest BCUT2D eigenvalue weighted by molar-refractivity contribution is 0.467. The quantitative estimate of drug-likeness (QED) is 0.497. The van der Waals surface area contributed by atoms with Crippen molar-refractivity contribution in [3.8, 4) is 11.8 Å². The van der Waals surface area contributed by atoms with Crippen LogP contribution in [0.1, 0.15) is 5.56 Å². The van der Waals surface area contributed by atoms with Gasteiger partial charge in [0.25, 0.3) is 5.56 Å². The lowest BCUT2D eigenvalue weighted by Gasteiger charge is -1.88. The number of aromatic nitrogens is 2. The molecule has 0 atom stereocenters. The van der Waals surface area contributed by atoms with E-state index < -0.39 is 11.3 Å². The minimum atomic E-state index is -0.678. The van der Waals surface area contributed by atoms with Crippen molar-refractivity contribution in [3.63, 3.8) is 0 Å². The molecule has 0 aliphatic carbocycles.